The summed E-state index contributed by atoms with van der Waals surface area (Å²) in [4.78, 5) is 34.9. The summed E-state index contributed by atoms with van der Waals surface area (Å²) in [6.45, 7) is 5.18. The van der Waals surface area contributed by atoms with Gasteiger partial charge in [0.15, 0.2) is 0 Å². The van der Waals surface area contributed by atoms with Crippen LogP contribution in [0.4, 0.5) is 4.79 Å². The topological polar surface area (TPSA) is 98.7 Å². The lowest BCUT2D eigenvalue weighted by Gasteiger charge is -2.20. The minimum absolute atomic E-state index is 0.00336. The highest BCUT2D eigenvalue weighted by atomic mass is 16.4. The number of carbonyl (C=O) groups excluding carboxylic acids is 2. The highest BCUT2D eigenvalue weighted by molar-refractivity contribution is 5.86. The van der Waals surface area contributed by atoms with Crippen LogP contribution in [0.5, 0.6) is 0 Å². The van der Waals surface area contributed by atoms with Crippen molar-refractivity contribution in [1.29, 1.82) is 0 Å². The molecular weight excluding hydrogens is 238 g/mol. The van der Waals surface area contributed by atoms with Gasteiger partial charge in [0, 0.05) is 13.1 Å². The number of carboxylic acid groups (broad SMARTS) is 1. The minimum Gasteiger partial charge on any atom is -0.480 e. The normalized spacial score (nSPS) is 11.8. The van der Waals surface area contributed by atoms with Gasteiger partial charge in [0.25, 0.3) is 0 Å². The lowest BCUT2D eigenvalue weighted by atomic mass is 10.2. The summed E-state index contributed by atoms with van der Waals surface area (Å²) in [5, 5.41) is 13.8. The van der Waals surface area contributed by atoms with Crippen molar-refractivity contribution in [2.24, 2.45) is 0 Å². The Morgan fingerprint density at radius 3 is 2.17 bits per heavy atom. The zero-order chi connectivity index (χ0) is 14.3. The van der Waals surface area contributed by atoms with Gasteiger partial charge in [-0.25, -0.2) is 9.59 Å². The van der Waals surface area contributed by atoms with Crippen molar-refractivity contribution < 1.29 is 19.5 Å². The average Bonchev–Trinajstić information content (AvgIpc) is 2.23. The van der Waals surface area contributed by atoms with Gasteiger partial charge in [-0.3, -0.25) is 4.79 Å². The van der Waals surface area contributed by atoms with Gasteiger partial charge in [-0.05, 0) is 20.3 Å². The highest BCUT2D eigenvalue weighted by Crippen LogP contribution is 1.94. The number of likely N-dealkylation sites (N-methyl/N-ethyl adjacent to an activating group) is 1. The van der Waals surface area contributed by atoms with Gasteiger partial charge in [-0.2, -0.15) is 0 Å². The SMILES string of the molecule is CC[C@@H](NC(=O)N(C)CC(=O)NC(C)C)C(=O)O. The predicted molar refractivity (Wildman–Crippen MR) is 66.2 cm³/mol. The van der Waals surface area contributed by atoms with Crippen molar-refractivity contribution in [3.05, 3.63) is 0 Å². The third kappa shape index (κ3) is 6.07. The van der Waals surface area contributed by atoms with E-state index in [0.717, 1.165) is 4.90 Å². The van der Waals surface area contributed by atoms with Crippen molar-refractivity contribution in [3.8, 4) is 0 Å². The number of carbonyl (C=O) groups is 3. The van der Waals surface area contributed by atoms with E-state index < -0.39 is 18.0 Å². The third-order valence-electron chi connectivity index (χ3n) is 2.18. The first kappa shape index (κ1) is 16.2. The summed E-state index contributed by atoms with van der Waals surface area (Å²) in [6, 6.07) is -1.52. The molecule has 0 unspecified atom stereocenters. The summed E-state index contributed by atoms with van der Waals surface area (Å²) >= 11 is 0. The van der Waals surface area contributed by atoms with Crippen LogP contribution in [0, 0.1) is 0 Å². The minimum atomic E-state index is -1.09. The van der Waals surface area contributed by atoms with E-state index in [-0.39, 0.29) is 24.9 Å². The molecule has 0 saturated heterocycles. The molecule has 0 saturated carbocycles. The molecule has 3 N–H and O–H groups in total. The number of aliphatic carboxylic acids is 1. The molecule has 0 aromatic carbocycles. The van der Waals surface area contributed by atoms with Gasteiger partial charge in [0.05, 0.1) is 0 Å². The number of hydrogen-bond donors (Lipinski definition) is 3. The Hall–Kier alpha value is -1.79. The fourth-order valence-electron chi connectivity index (χ4n) is 1.25. The van der Waals surface area contributed by atoms with E-state index in [1.54, 1.807) is 6.92 Å². The van der Waals surface area contributed by atoms with Gasteiger partial charge in [-0.15, -0.1) is 0 Å². The molecule has 0 aromatic rings. The van der Waals surface area contributed by atoms with E-state index in [1.165, 1.54) is 7.05 Å². The molecule has 0 aliphatic heterocycles. The molecule has 0 aliphatic carbocycles. The standard InChI is InChI=1S/C11H21N3O4/c1-5-8(10(16)17)13-11(18)14(4)6-9(15)12-7(2)3/h7-8H,5-6H2,1-4H3,(H,12,15)(H,13,18)(H,16,17)/t8-/m1/s1. The molecule has 0 radical (unpaired) electrons. The molecule has 18 heavy (non-hydrogen) atoms. The van der Waals surface area contributed by atoms with Crippen LogP contribution >= 0.6 is 0 Å². The Morgan fingerprint density at radius 2 is 1.78 bits per heavy atom. The molecule has 7 heteroatoms. The van der Waals surface area contributed by atoms with Gasteiger partial charge < -0.3 is 20.6 Å². The van der Waals surface area contributed by atoms with Crippen LogP contribution in [0.2, 0.25) is 0 Å². The zero-order valence-electron chi connectivity index (χ0n) is 11.2. The lowest BCUT2D eigenvalue weighted by Crippen LogP contribution is -2.49. The van der Waals surface area contributed by atoms with Crippen molar-refractivity contribution in [3.63, 3.8) is 0 Å². The first-order valence-corrected chi connectivity index (χ1v) is 5.81. The van der Waals surface area contributed by atoms with Crippen LogP contribution in [0.3, 0.4) is 0 Å². The van der Waals surface area contributed by atoms with Gasteiger partial charge in [0.2, 0.25) is 5.91 Å². The Morgan fingerprint density at radius 1 is 1.22 bits per heavy atom. The van der Waals surface area contributed by atoms with E-state index in [4.69, 9.17) is 5.11 Å². The predicted octanol–water partition coefficient (Wildman–Crippen LogP) is 0.0156. The van der Waals surface area contributed by atoms with Crippen molar-refractivity contribution in [2.75, 3.05) is 13.6 Å². The van der Waals surface area contributed by atoms with Crippen LogP contribution in [-0.4, -0.2) is 53.6 Å². The lowest BCUT2D eigenvalue weighted by molar-refractivity contribution is -0.139. The molecule has 104 valence electrons. The van der Waals surface area contributed by atoms with E-state index in [1.807, 2.05) is 13.8 Å². The number of rotatable bonds is 6. The van der Waals surface area contributed by atoms with Crippen molar-refractivity contribution >= 4 is 17.9 Å². The second-order valence-corrected chi connectivity index (χ2v) is 4.33. The Labute approximate surface area is 107 Å². The molecule has 0 spiro atoms. The maximum Gasteiger partial charge on any atom is 0.326 e. The quantitative estimate of drug-likeness (QED) is 0.626. The fourth-order valence-corrected chi connectivity index (χ4v) is 1.25. The average molecular weight is 259 g/mol. The smallest absolute Gasteiger partial charge is 0.326 e. The molecule has 0 rings (SSSR count). The zero-order valence-corrected chi connectivity index (χ0v) is 11.2. The second-order valence-electron chi connectivity index (χ2n) is 4.33. The van der Waals surface area contributed by atoms with Crippen molar-refractivity contribution in [2.45, 2.75) is 39.3 Å². The first-order chi connectivity index (χ1) is 8.27. The van der Waals surface area contributed by atoms with Crippen LogP contribution in [-0.2, 0) is 9.59 Å². The van der Waals surface area contributed by atoms with Crippen LogP contribution in [0.15, 0.2) is 0 Å². The molecule has 0 aliphatic rings. The molecule has 0 aromatic heterocycles. The number of nitrogens with one attached hydrogen (secondary N) is 2. The fraction of sp³-hybridized carbons (Fsp3) is 0.727. The van der Waals surface area contributed by atoms with Gasteiger partial charge >= 0.3 is 12.0 Å². The molecule has 0 bridgehead atoms. The molecule has 0 heterocycles. The third-order valence-corrected chi connectivity index (χ3v) is 2.18. The monoisotopic (exact) mass is 259 g/mol. The summed E-state index contributed by atoms with van der Waals surface area (Å²) in [5.41, 5.74) is 0. The number of amides is 3. The molecule has 3 amide bonds. The number of nitrogens with zero attached hydrogens (tertiary/aromatic N) is 1. The maximum absolute atomic E-state index is 11.6. The van der Waals surface area contributed by atoms with Gasteiger partial charge in [-0.1, -0.05) is 6.92 Å². The summed E-state index contributed by atoms with van der Waals surface area (Å²) < 4.78 is 0. The summed E-state index contributed by atoms with van der Waals surface area (Å²) in [6.07, 6.45) is 0.285. The summed E-state index contributed by atoms with van der Waals surface area (Å²) in [7, 11) is 1.43. The van der Waals surface area contributed by atoms with E-state index in [9.17, 15) is 14.4 Å². The van der Waals surface area contributed by atoms with Crippen LogP contribution < -0.4 is 10.6 Å². The number of carboxylic acids is 1. The van der Waals surface area contributed by atoms with Gasteiger partial charge in [0.1, 0.15) is 12.6 Å². The largest absolute Gasteiger partial charge is 0.480 e. The molecular formula is C11H21N3O4. The Balaban J connectivity index is 4.26. The summed E-state index contributed by atoms with van der Waals surface area (Å²) in [5.74, 6) is -1.38. The number of urea groups is 1. The van der Waals surface area contributed by atoms with Crippen LogP contribution in [0.1, 0.15) is 27.2 Å². The molecule has 1 atom stereocenters. The van der Waals surface area contributed by atoms with Crippen molar-refractivity contribution in [1.82, 2.24) is 15.5 Å². The Bertz CT molecular complexity index is 317. The first-order valence-electron chi connectivity index (χ1n) is 5.81. The maximum atomic E-state index is 11.6. The molecule has 0 fully saturated rings. The van der Waals surface area contributed by atoms with E-state index >= 15 is 0 Å². The highest BCUT2D eigenvalue weighted by Gasteiger charge is 2.20. The Kier molecular flexibility index (Phi) is 6.77. The molecule has 7 nitrogen and oxygen atoms in total. The number of hydrogen-bond acceptors (Lipinski definition) is 3. The van der Waals surface area contributed by atoms with E-state index in [2.05, 4.69) is 10.6 Å². The second kappa shape index (κ2) is 7.52. The van der Waals surface area contributed by atoms with Crippen LogP contribution in [0.25, 0.3) is 0 Å². The van der Waals surface area contributed by atoms with E-state index in [0.29, 0.717) is 0 Å².